The monoisotopic (exact) mass is 329 g/mol. The summed E-state index contributed by atoms with van der Waals surface area (Å²) in [5.74, 6) is 0.145. The van der Waals surface area contributed by atoms with E-state index in [4.69, 9.17) is 4.74 Å². The predicted octanol–water partition coefficient (Wildman–Crippen LogP) is 2.11. The minimum Gasteiger partial charge on any atom is -0.494 e. The fraction of sp³-hybridized carbons (Fsp3) is 0.429. The number of carbonyl (C=O) groups is 2. The molecule has 3 amide bonds. The lowest BCUT2D eigenvalue weighted by molar-refractivity contribution is -0.188. The molecule has 1 aromatic rings. The van der Waals surface area contributed by atoms with E-state index in [1.165, 1.54) is 18.9 Å². The summed E-state index contributed by atoms with van der Waals surface area (Å²) in [6.45, 7) is -1.25. The molecule has 0 saturated carbocycles. The van der Waals surface area contributed by atoms with Gasteiger partial charge in [0.15, 0.2) is 0 Å². The molecule has 7 nitrogen and oxygen atoms in total. The highest BCUT2D eigenvalue weighted by Gasteiger charge is 2.33. The fourth-order valence-corrected chi connectivity index (χ4v) is 2.10. The second kappa shape index (κ2) is 7.23. The molecule has 23 heavy (non-hydrogen) atoms. The van der Waals surface area contributed by atoms with Crippen LogP contribution in [0.2, 0.25) is 0 Å². The first-order chi connectivity index (χ1) is 10.9. The largest absolute Gasteiger partial charge is 0.494 e. The van der Waals surface area contributed by atoms with Crippen LogP contribution in [-0.2, 0) is 9.53 Å². The summed E-state index contributed by atoms with van der Waals surface area (Å²) in [6.07, 6.45) is -0.641. The molecule has 0 atom stereocenters. The van der Waals surface area contributed by atoms with Gasteiger partial charge in [-0.05, 0) is 12.1 Å². The molecule has 0 aromatic heterocycles. The van der Waals surface area contributed by atoms with Crippen molar-refractivity contribution < 1.29 is 27.8 Å². The number of benzene rings is 1. The molecule has 1 aromatic carbocycles. The van der Waals surface area contributed by atoms with E-state index in [9.17, 15) is 18.4 Å². The third kappa shape index (κ3) is 4.52. The highest BCUT2D eigenvalue weighted by molar-refractivity contribution is 5.93. The van der Waals surface area contributed by atoms with E-state index in [0.29, 0.717) is 17.1 Å². The van der Waals surface area contributed by atoms with Gasteiger partial charge in [-0.15, -0.1) is 0 Å². The van der Waals surface area contributed by atoms with E-state index in [1.54, 1.807) is 18.2 Å². The van der Waals surface area contributed by atoms with Gasteiger partial charge >= 0.3 is 12.6 Å². The number of anilines is 2. The summed E-state index contributed by atoms with van der Waals surface area (Å²) in [7, 11) is 1.44. The number of urea groups is 1. The Balaban J connectivity index is 1.93. The third-order valence-electron chi connectivity index (χ3n) is 3.19. The molecule has 2 N–H and O–H groups in total. The van der Waals surface area contributed by atoms with Crippen LogP contribution in [0.25, 0.3) is 0 Å². The Bertz CT molecular complexity index is 591. The first kappa shape index (κ1) is 16.9. The number of amides is 3. The summed E-state index contributed by atoms with van der Waals surface area (Å²) in [4.78, 5) is 24.4. The van der Waals surface area contributed by atoms with Crippen molar-refractivity contribution in [3.05, 3.63) is 18.2 Å². The standard InChI is InChI=1S/C14H17F2N3O4/c1-8(20)17-11-4-3-9(5-12(11)22-2)18-14(21)19-6-10(7-19)23-13(15)16/h3-5,10,13H,6-7H2,1-2H3,(H,17,20)(H,18,21). The zero-order valence-electron chi connectivity index (χ0n) is 12.6. The number of hydrogen-bond donors (Lipinski definition) is 2. The number of hydrogen-bond acceptors (Lipinski definition) is 4. The first-order valence-corrected chi connectivity index (χ1v) is 6.84. The van der Waals surface area contributed by atoms with Crippen molar-refractivity contribution >= 4 is 23.3 Å². The Morgan fingerprint density at radius 1 is 1.30 bits per heavy atom. The van der Waals surface area contributed by atoms with Crippen LogP contribution in [0.1, 0.15) is 6.92 Å². The molecule has 2 rings (SSSR count). The maximum atomic E-state index is 12.0. The number of ether oxygens (including phenoxy) is 2. The van der Waals surface area contributed by atoms with Gasteiger partial charge in [-0.1, -0.05) is 0 Å². The third-order valence-corrected chi connectivity index (χ3v) is 3.19. The minimum absolute atomic E-state index is 0.108. The van der Waals surface area contributed by atoms with Crippen molar-refractivity contribution in [1.82, 2.24) is 4.90 Å². The van der Waals surface area contributed by atoms with Gasteiger partial charge in [-0.2, -0.15) is 8.78 Å². The van der Waals surface area contributed by atoms with Crippen molar-refractivity contribution in [2.24, 2.45) is 0 Å². The topological polar surface area (TPSA) is 79.9 Å². The second-order valence-corrected chi connectivity index (χ2v) is 4.95. The lowest BCUT2D eigenvalue weighted by Gasteiger charge is -2.38. The summed E-state index contributed by atoms with van der Waals surface area (Å²) in [5.41, 5.74) is 0.937. The van der Waals surface area contributed by atoms with Gasteiger partial charge < -0.3 is 25.0 Å². The van der Waals surface area contributed by atoms with Crippen LogP contribution >= 0.6 is 0 Å². The van der Waals surface area contributed by atoms with Crippen LogP contribution in [0.4, 0.5) is 25.0 Å². The van der Waals surface area contributed by atoms with Crippen molar-refractivity contribution in [3.63, 3.8) is 0 Å². The molecule has 0 radical (unpaired) electrons. The molecule has 1 fully saturated rings. The Hall–Kier alpha value is -2.42. The molecule has 1 aliphatic rings. The Labute approximate surface area is 131 Å². The molecule has 0 bridgehead atoms. The van der Waals surface area contributed by atoms with E-state index in [2.05, 4.69) is 15.4 Å². The first-order valence-electron chi connectivity index (χ1n) is 6.84. The average molecular weight is 329 g/mol. The lowest BCUT2D eigenvalue weighted by atomic mass is 10.2. The smallest absolute Gasteiger partial charge is 0.345 e. The second-order valence-electron chi connectivity index (χ2n) is 4.95. The summed E-state index contributed by atoms with van der Waals surface area (Å²) >= 11 is 0. The molecular formula is C14H17F2N3O4. The summed E-state index contributed by atoms with van der Waals surface area (Å²) in [5, 5.41) is 5.22. The molecule has 126 valence electrons. The number of rotatable bonds is 5. The molecular weight excluding hydrogens is 312 g/mol. The number of carbonyl (C=O) groups excluding carboxylic acids is 2. The average Bonchev–Trinajstić information content (AvgIpc) is 2.43. The Morgan fingerprint density at radius 2 is 2.00 bits per heavy atom. The number of nitrogens with zero attached hydrogens (tertiary/aromatic N) is 1. The van der Waals surface area contributed by atoms with E-state index < -0.39 is 18.7 Å². The van der Waals surface area contributed by atoms with Crippen molar-refractivity contribution in [2.45, 2.75) is 19.6 Å². The Kier molecular flexibility index (Phi) is 5.32. The molecule has 1 heterocycles. The van der Waals surface area contributed by atoms with Crippen LogP contribution in [-0.4, -0.2) is 49.8 Å². The zero-order valence-corrected chi connectivity index (χ0v) is 12.6. The van der Waals surface area contributed by atoms with E-state index >= 15 is 0 Å². The van der Waals surface area contributed by atoms with Gasteiger partial charge in [0.2, 0.25) is 5.91 Å². The maximum absolute atomic E-state index is 12.0. The van der Waals surface area contributed by atoms with Gasteiger partial charge in [0.05, 0.1) is 32.0 Å². The van der Waals surface area contributed by atoms with Gasteiger partial charge in [0.25, 0.3) is 0 Å². The van der Waals surface area contributed by atoms with Crippen LogP contribution < -0.4 is 15.4 Å². The summed E-state index contributed by atoms with van der Waals surface area (Å²) in [6, 6.07) is 4.32. The number of likely N-dealkylation sites (tertiary alicyclic amines) is 1. The van der Waals surface area contributed by atoms with Gasteiger partial charge in [0.1, 0.15) is 5.75 Å². The predicted molar refractivity (Wildman–Crippen MR) is 78.8 cm³/mol. The number of alkyl halides is 2. The molecule has 0 spiro atoms. The van der Waals surface area contributed by atoms with E-state index in [1.807, 2.05) is 0 Å². The number of halogens is 2. The molecule has 1 aliphatic heterocycles. The van der Waals surface area contributed by atoms with Crippen molar-refractivity contribution in [2.75, 3.05) is 30.8 Å². The van der Waals surface area contributed by atoms with Crippen molar-refractivity contribution in [3.8, 4) is 5.75 Å². The molecule has 0 aliphatic carbocycles. The normalized spacial score (nSPS) is 14.4. The molecule has 9 heteroatoms. The van der Waals surface area contributed by atoms with Crippen LogP contribution in [0.15, 0.2) is 18.2 Å². The number of methoxy groups -OCH3 is 1. The van der Waals surface area contributed by atoms with Crippen LogP contribution in [0, 0.1) is 0 Å². The van der Waals surface area contributed by atoms with Crippen LogP contribution in [0.3, 0.4) is 0 Å². The SMILES string of the molecule is COc1cc(NC(=O)N2CC(OC(F)F)C2)ccc1NC(C)=O. The highest BCUT2D eigenvalue weighted by atomic mass is 19.3. The number of nitrogens with one attached hydrogen (secondary N) is 2. The zero-order chi connectivity index (χ0) is 17.0. The van der Waals surface area contributed by atoms with Gasteiger partial charge in [-0.3, -0.25) is 4.79 Å². The van der Waals surface area contributed by atoms with E-state index in [0.717, 1.165) is 0 Å². The molecule has 0 unspecified atom stereocenters. The minimum atomic E-state index is -2.84. The quantitative estimate of drug-likeness (QED) is 0.867. The van der Waals surface area contributed by atoms with Gasteiger partial charge in [-0.25, -0.2) is 4.79 Å². The van der Waals surface area contributed by atoms with Gasteiger partial charge in [0, 0.05) is 18.7 Å². The summed E-state index contributed by atoms with van der Waals surface area (Å²) < 4.78 is 33.5. The fourth-order valence-electron chi connectivity index (χ4n) is 2.10. The van der Waals surface area contributed by atoms with Crippen LogP contribution in [0.5, 0.6) is 5.75 Å². The Morgan fingerprint density at radius 3 is 2.57 bits per heavy atom. The van der Waals surface area contributed by atoms with E-state index in [-0.39, 0.29) is 19.0 Å². The van der Waals surface area contributed by atoms with Crippen molar-refractivity contribution in [1.29, 1.82) is 0 Å². The molecule has 1 saturated heterocycles. The maximum Gasteiger partial charge on any atom is 0.345 e. The highest BCUT2D eigenvalue weighted by Crippen LogP contribution is 2.28. The lowest BCUT2D eigenvalue weighted by Crippen LogP contribution is -2.56.